The van der Waals surface area contributed by atoms with Crippen molar-refractivity contribution in [2.75, 3.05) is 5.73 Å². The summed E-state index contributed by atoms with van der Waals surface area (Å²) < 4.78 is 6.57. The van der Waals surface area contributed by atoms with E-state index in [9.17, 15) is 0 Å². The SMILES string of the molecule is Nc1cccc2nc(-c3ccoc3)nn12. The molecule has 0 aliphatic heterocycles. The monoisotopic (exact) mass is 200 g/mol. The lowest BCUT2D eigenvalue weighted by Gasteiger charge is -1.93. The average molecular weight is 200 g/mol. The number of fused-ring (bicyclic) bond motifs is 1. The van der Waals surface area contributed by atoms with Gasteiger partial charge in [-0.3, -0.25) is 0 Å². The molecule has 0 fully saturated rings. The van der Waals surface area contributed by atoms with E-state index in [0.717, 1.165) is 11.2 Å². The van der Waals surface area contributed by atoms with E-state index < -0.39 is 0 Å². The lowest BCUT2D eigenvalue weighted by Crippen LogP contribution is -1.96. The average Bonchev–Trinajstić information content (AvgIpc) is 2.86. The molecule has 0 radical (unpaired) electrons. The zero-order valence-electron chi connectivity index (χ0n) is 7.79. The summed E-state index contributed by atoms with van der Waals surface area (Å²) in [5.41, 5.74) is 7.33. The molecule has 0 amide bonds. The largest absolute Gasteiger partial charge is 0.472 e. The maximum atomic E-state index is 5.76. The second-order valence-electron chi connectivity index (χ2n) is 3.17. The van der Waals surface area contributed by atoms with Crippen LogP contribution < -0.4 is 5.73 Å². The summed E-state index contributed by atoms with van der Waals surface area (Å²) in [5.74, 6) is 1.18. The number of anilines is 1. The molecule has 0 aliphatic rings. The topological polar surface area (TPSA) is 69.3 Å². The highest BCUT2D eigenvalue weighted by atomic mass is 16.3. The van der Waals surface area contributed by atoms with Crippen LogP contribution >= 0.6 is 0 Å². The Bertz CT molecular complexity index is 597. The molecule has 0 spiro atoms. The van der Waals surface area contributed by atoms with Crippen molar-refractivity contribution >= 4 is 11.5 Å². The zero-order chi connectivity index (χ0) is 10.3. The Balaban J connectivity index is 2.27. The molecule has 0 bridgehead atoms. The molecule has 3 heterocycles. The summed E-state index contributed by atoms with van der Waals surface area (Å²) in [4.78, 5) is 4.33. The van der Waals surface area contributed by atoms with E-state index in [0.29, 0.717) is 11.6 Å². The molecule has 0 saturated heterocycles. The predicted octanol–water partition coefficient (Wildman–Crippen LogP) is 1.57. The molecule has 74 valence electrons. The summed E-state index contributed by atoms with van der Waals surface area (Å²) in [6, 6.07) is 7.29. The van der Waals surface area contributed by atoms with Gasteiger partial charge in [-0.25, -0.2) is 4.98 Å². The maximum absolute atomic E-state index is 5.76. The molecule has 3 rings (SSSR count). The second-order valence-corrected chi connectivity index (χ2v) is 3.17. The van der Waals surface area contributed by atoms with Gasteiger partial charge in [0.1, 0.15) is 12.1 Å². The minimum Gasteiger partial charge on any atom is -0.472 e. The third-order valence-corrected chi connectivity index (χ3v) is 2.17. The first-order valence-electron chi connectivity index (χ1n) is 4.48. The van der Waals surface area contributed by atoms with Gasteiger partial charge in [0.2, 0.25) is 0 Å². The van der Waals surface area contributed by atoms with E-state index in [1.807, 2.05) is 18.2 Å². The molecule has 15 heavy (non-hydrogen) atoms. The molecular weight excluding hydrogens is 192 g/mol. The lowest BCUT2D eigenvalue weighted by atomic mass is 10.3. The van der Waals surface area contributed by atoms with Gasteiger partial charge in [-0.1, -0.05) is 6.07 Å². The van der Waals surface area contributed by atoms with Crippen molar-refractivity contribution in [3.8, 4) is 11.4 Å². The molecular formula is C10H8N4O. The van der Waals surface area contributed by atoms with Crippen LogP contribution in [-0.4, -0.2) is 14.6 Å². The summed E-state index contributed by atoms with van der Waals surface area (Å²) in [5, 5.41) is 4.28. The first kappa shape index (κ1) is 8.05. The fourth-order valence-electron chi connectivity index (χ4n) is 1.44. The second kappa shape index (κ2) is 2.84. The van der Waals surface area contributed by atoms with E-state index >= 15 is 0 Å². The van der Waals surface area contributed by atoms with Gasteiger partial charge in [0.25, 0.3) is 0 Å². The quantitative estimate of drug-likeness (QED) is 0.647. The molecule has 5 nitrogen and oxygen atoms in total. The third-order valence-electron chi connectivity index (χ3n) is 2.17. The molecule has 3 aromatic rings. The fraction of sp³-hybridized carbons (Fsp3) is 0. The number of hydrogen-bond acceptors (Lipinski definition) is 4. The van der Waals surface area contributed by atoms with Crippen molar-refractivity contribution in [3.05, 3.63) is 36.8 Å². The summed E-state index contributed by atoms with van der Waals surface area (Å²) in [6.07, 6.45) is 3.19. The number of furan rings is 1. The normalized spacial score (nSPS) is 10.9. The van der Waals surface area contributed by atoms with Gasteiger partial charge in [-0.05, 0) is 18.2 Å². The van der Waals surface area contributed by atoms with Crippen molar-refractivity contribution < 1.29 is 4.42 Å². The molecule has 0 saturated carbocycles. The highest BCUT2D eigenvalue weighted by Crippen LogP contribution is 2.17. The van der Waals surface area contributed by atoms with Crippen molar-refractivity contribution in [2.45, 2.75) is 0 Å². The molecule has 0 aliphatic carbocycles. The van der Waals surface area contributed by atoms with E-state index in [2.05, 4.69) is 10.1 Å². The fourth-order valence-corrected chi connectivity index (χ4v) is 1.44. The highest BCUT2D eigenvalue weighted by molar-refractivity contribution is 5.58. The Morgan fingerprint density at radius 2 is 2.20 bits per heavy atom. The summed E-state index contributed by atoms with van der Waals surface area (Å²) in [6.45, 7) is 0. The zero-order valence-corrected chi connectivity index (χ0v) is 7.79. The number of nitrogen functional groups attached to an aromatic ring is 1. The minimum atomic E-state index is 0.565. The van der Waals surface area contributed by atoms with E-state index in [4.69, 9.17) is 10.2 Å². The first-order chi connectivity index (χ1) is 7.34. The van der Waals surface area contributed by atoms with E-state index in [1.165, 1.54) is 0 Å². The van der Waals surface area contributed by atoms with Gasteiger partial charge in [-0.2, -0.15) is 4.52 Å². The molecule has 0 aromatic carbocycles. The molecule has 5 heteroatoms. The number of rotatable bonds is 1. The smallest absolute Gasteiger partial charge is 0.185 e. The highest BCUT2D eigenvalue weighted by Gasteiger charge is 2.07. The van der Waals surface area contributed by atoms with Gasteiger partial charge >= 0.3 is 0 Å². The van der Waals surface area contributed by atoms with Crippen molar-refractivity contribution in [3.63, 3.8) is 0 Å². The minimum absolute atomic E-state index is 0.565. The van der Waals surface area contributed by atoms with Crippen molar-refractivity contribution in [1.29, 1.82) is 0 Å². The number of aromatic nitrogens is 3. The van der Waals surface area contributed by atoms with Crippen LogP contribution in [0.3, 0.4) is 0 Å². The summed E-state index contributed by atoms with van der Waals surface area (Å²) in [7, 11) is 0. The lowest BCUT2D eigenvalue weighted by molar-refractivity contribution is 0.568. The molecule has 0 atom stereocenters. The summed E-state index contributed by atoms with van der Waals surface area (Å²) >= 11 is 0. The van der Waals surface area contributed by atoms with Gasteiger partial charge in [0.05, 0.1) is 11.8 Å². The molecule has 2 N–H and O–H groups in total. The van der Waals surface area contributed by atoms with Gasteiger partial charge < -0.3 is 10.2 Å². The van der Waals surface area contributed by atoms with Crippen LogP contribution in [0.1, 0.15) is 0 Å². The van der Waals surface area contributed by atoms with Crippen LogP contribution in [-0.2, 0) is 0 Å². The number of nitrogens with two attached hydrogens (primary N) is 1. The van der Waals surface area contributed by atoms with E-state index in [-0.39, 0.29) is 0 Å². The van der Waals surface area contributed by atoms with Gasteiger partial charge in [0.15, 0.2) is 11.5 Å². The van der Waals surface area contributed by atoms with Gasteiger partial charge in [-0.15, -0.1) is 5.10 Å². The Kier molecular flexibility index (Phi) is 1.53. The van der Waals surface area contributed by atoms with E-state index in [1.54, 1.807) is 23.1 Å². The molecule has 0 unspecified atom stereocenters. The van der Waals surface area contributed by atoms with Crippen molar-refractivity contribution in [2.24, 2.45) is 0 Å². The number of hydrogen-bond donors (Lipinski definition) is 1. The van der Waals surface area contributed by atoms with Crippen molar-refractivity contribution in [1.82, 2.24) is 14.6 Å². The van der Waals surface area contributed by atoms with Crippen LogP contribution in [0.2, 0.25) is 0 Å². The van der Waals surface area contributed by atoms with Crippen LogP contribution in [0.25, 0.3) is 17.0 Å². The van der Waals surface area contributed by atoms with Crippen LogP contribution in [0.4, 0.5) is 5.82 Å². The third kappa shape index (κ3) is 1.17. The standard InChI is InChI=1S/C10H8N4O/c11-8-2-1-3-9-12-10(13-14(8)9)7-4-5-15-6-7/h1-6H,11H2. The first-order valence-corrected chi connectivity index (χ1v) is 4.48. The number of nitrogens with zero attached hydrogens (tertiary/aromatic N) is 3. The van der Waals surface area contributed by atoms with Crippen LogP contribution in [0.15, 0.2) is 41.2 Å². The Morgan fingerprint density at radius 3 is 2.93 bits per heavy atom. The predicted molar refractivity (Wildman–Crippen MR) is 55.1 cm³/mol. The Labute approximate surface area is 85.1 Å². The van der Waals surface area contributed by atoms with Crippen LogP contribution in [0.5, 0.6) is 0 Å². The number of pyridine rings is 1. The Hall–Kier alpha value is -2.30. The molecule has 3 aromatic heterocycles. The maximum Gasteiger partial charge on any atom is 0.185 e. The van der Waals surface area contributed by atoms with Gasteiger partial charge in [0, 0.05) is 0 Å². The van der Waals surface area contributed by atoms with Crippen LogP contribution in [0, 0.1) is 0 Å². The Morgan fingerprint density at radius 1 is 1.27 bits per heavy atom.